The highest BCUT2D eigenvalue weighted by Crippen LogP contribution is 2.60. The minimum atomic E-state index is -1.89. The average molecular weight is 536 g/mol. The molecule has 1 fully saturated rings. The number of amides is 3. The zero-order valence-electron chi connectivity index (χ0n) is 22.3. The molecular weight excluding hydrogens is 506 g/mol. The smallest absolute Gasteiger partial charge is 0.421 e. The van der Waals surface area contributed by atoms with Crippen molar-refractivity contribution in [3.63, 3.8) is 0 Å². The van der Waals surface area contributed by atoms with Gasteiger partial charge in [0.1, 0.15) is 16.9 Å². The number of imide groups is 1. The van der Waals surface area contributed by atoms with Crippen LogP contribution in [0.5, 0.6) is 0 Å². The Morgan fingerprint density at radius 1 is 0.974 bits per heavy atom. The Kier molecular flexibility index (Phi) is 5.51. The summed E-state index contributed by atoms with van der Waals surface area (Å²) in [5.74, 6) is -3.47. The number of fused-ring (bicyclic) bond motifs is 4. The number of rotatable bonds is 1. The number of aryl methyl sites for hydroxylation is 2. The second-order valence-corrected chi connectivity index (χ2v) is 11.5. The second-order valence-electron chi connectivity index (χ2n) is 11.1. The van der Waals surface area contributed by atoms with Gasteiger partial charge in [0.2, 0.25) is 0 Å². The van der Waals surface area contributed by atoms with Gasteiger partial charge in [-0.1, -0.05) is 47.6 Å². The number of benzene rings is 2. The number of nitrogens with one attached hydrogen (secondary N) is 1. The number of hydrogen-bond acceptors (Lipinski definition) is 7. The quantitative estimate of drug-likeness (QED) is 0.438. The molecule has 5 rings (SSSR count). The molecule has 3 heterocycles. The van der Waals surface area contributed by atoms with Crippen LogP contribution < -0.4 is 15.1 Å². The van der Waals surface area contributed by atoms with E-state index in [1.54, 1.807) is 52.1 Å². The highest BCUT2D eigenvalue weighted by molar-refractivity contribution is 7.80. The number of hydrogen-bond donors (Lipinski definition) is 1. The Morgan fingerprint density at radius 3 is 2.13 bits per heavy atom. The molecular formula is C28H29N3O6S. The maximum absolute atomic E-state index is 14.5. The third-order valence-corrected chi connectivity index (χ3v) is 7.91. The summed E-state index contributed by atoms with van der Waals surface area (Å²) in [4.78, 5) is 58.2. The minimum absolute atomic E-state index is 0.0353. The molecule has 3 aliphatic rings. The van der Waals surface area contributed by atoms with Gasteiger partial charge in [-0.15, -0.1) is 0 Å². The molecule has 0 aliphatic carbocycles. The molecule has 1 N–H and O–H groups in total. The predicted molar refractivity (Wildman–Crippen MR) is 144 cm³/mol. The monoisotopic (exact) mass is 535 g/mol. The van der Waals surface area contributed by atoms with Crippen molar-refractivity contribution in [1.82, 2.24) is 5.32 Å². The van der Waals surface area contributed by atoms with Crippen molar-refractivity contribution < 1.29 is 28.7 Å². The molecule has 0 unspecified atom stereocenters. The Morgan fingerprint density at radius 2 is 1.55 bits per heavy atom. The van der Waals surface area contributed by atoms with Crippen LogP contribution in [0.2, 0.25) is 0 Å². The Balaban J connectivity index is 1.83. The molecule has 9 nitrogen and oxygen atoms in total. The summed E-state index contributed by atoms with van der Waals surface area (Å²) in [5, 5.41) is 3.13. The average Bonchev–Trinajstić information content (AvgIpc) is 3.33. The number of likely N-dealkylation sites (N-methyl/N-ethyl adjacent to an activating group) is 1. The fourth-order valence-electron chi connectivity index (χ4n) is 5.97. The summed E-state index contributed by atoms with van der Waals surface area (Å²) in [6.07, 6.45) is -0.900. The lowest BCUT2D eigenvalue weighted by atomic mass is 9.64. The molecule has 0 aromatic heterocycles. The number of carbonyl (C=O) groups excluding carboxylic acids is 4. The zero-order chi connectivity index (χ0) is 27.9. The molecule has 2 aromatic rings. The lowest BCUT2D eigenvalue weighted by Gasteiger charge is -2.34. The van der Waals surface area contributed by atoms with Crippen LogP contribution in [0.25, 0.3) is 0 Å². The van der Waals surface area contributed by atoms with Crippen molar-refractivity contribution >= 4 is 52.5 Å². The van der Waals surface area contributed by atoms with E-state index in [-0.39, 0.29) is 10.7 Å². The fraction of sp³-hybridized carbons (Fsp3) is 0.393. The number of anilines is 2. The Bertz CT molecular complexity index is 1460. The topological polar surface area (TPSA) is 105 Å². The minimum Gasteiger partial charge on any atom is -0.469 e. The summed E-state index contributed by atoms with van der Waals surface area (Å²) < 4.78 is 10.8. The van der Waals surface area contributed by atoms with Gasteiger partial charge < -0.3 is 19.7 Å². The summed E-state index contributed by atoms with van der Waals surface area (Å²) in [7, 11) is 2.81. The highest BCUT2D eigenvalue weighted by Gasteiger charge is 2.77. The molecule has 0 radical (unpaired) electrons. The molecule has 0 saturated carbocycles. The van der Waals surface area contributed by atoms with Crippen LogP contribution in [0.15, 0.2) is 36.4 Å². The molecule has 3 aliphatic heterocycles. The van der Waals surface area contributed by atoms with Crippen molar-refractivity contribution in [1.29, 1.82) is 0 Å². The fourth-order valence-corrected chi connectivity index (χ4v) is 6.45. The van der Waals surface area contributed by atoms with Gasteiger partial charge in [-0.25, -0.2) is 9.69 Å². The van der Waals surface area contributed by atoms with Crippen LogP contribution in [0.4, 0.5) is 16.2 Å². The van der Waals surface area contributed by atoms with Crippen molar-refractivity contribution in [2.75, 3.05) is 24.0 Å². The summed E-state index contributed by atoms with van der Waals surface area (Å²) in [6.45, 7) is 8.78. The Hall–Kier alpha value is -3.79. The highest BCUT2D eigenvalue weighted by atomic mass is 32.1. The first-order valence-corrected chi connectivity index (χ1v) is 12.6. The van der Waals surface area contributed by atoms with Crippen LogP contribution in [0.1, 0.15) is 43.0 Å². The first-order valence-electron chi connectivity index (χ1n) is 12.2. The van der Waals surface area contributed by atoms with Crippen molar-refractivity contribution in [3.8, 4) is 0 Å². The van der Waals surface area contributed by atoms with Crippen LogP contribution in [-0.4, -0.2) is 48.6 Å². The molecule has 3 amide bonds. The number of carbonyl (C=O) groups is 4. The maximum atomic E-state index is 14.5. The zero-order valence-corrected chi connectivity index (χ0v) is 23.1. The van der Waals surface area contributed by atoms with Crippen molar-refractivity contribution in [2.24, 2.45) is 5.92 Å². The Labute approximate surface area is 226 Å². The van der Waals surface area contributed by atoms with Gasteiger partial charge in [0.15, 0.2) is 5.54 Å². The molecule has 198 valence electrons. The molecule has 3 atom stereocenters. The maximum Gasteiger partial charge on any atom is 0.421 e. The molecule has 1 saturated heterocycles. The molecule has 2 aromatic carbocycles. The number of esters is 1. The van der Waals surface area contributed by atoms with E-state index in [2.05, 4.69) is 5.32 Å². The van der Waals surface area contributed by atoms with E-state index < -0.39 is 46.3 Å². The van der Waals surface area contributed by atoms with Crippen molar-refractivity contribution in [3.05, 3.63) is 58.7 Å². The lowest BCUT2D eigenvalue weighted by molar-refractivity contribution is -0.154. The number of thiocarbonyl (C=S) groups is 1. The van der Waals surface area contributed by atoms with E-state index in [0.717, 1.165) is 16.0 Å². The van der Waals surface area contributed by atoms with E-state index >= 15 is 0 Å². The van der Waals surface area contributed by atoms with Crippen LogP contribution in [-0.2, 0) is 34.8 Å². The SMILES string of the molecule is COC(=O)[C@H]1[C@]2(C(=O)N(C(=O)OC(C)(C)C)c3ccc(C)cc32)C(=S)N[C@]12C(=O)N(C)c1ccc(C)cc12. The van der Waals surface area contributed by atoms with Gasteiger partial charge in [-0.05, 0) is 46.8 Å². The van der Waals surface area contributed by atoms with Crippen LogP contribution in [0.3, 0.4) is 0 Å². The van der Waals surface area contributed by atoms with Gasteiger partial charge in [-0.2, -0.15) is 0 Å². The van der Waals surface area contributed by atoms with E-state index in [1.807, 2.05) is 26.0 Å². The van der Waals surface area contributed by atoms with Crippen LogP contribution >= 0.6 is 12.2 Å². The second kappa shape index (κ2) is 8.10. The predicted octanol–water partition coefficient (Wildman–Crippen LogP) is 3.41. The normalized spacial score (nSPS) is 25.7. The van der Waals surface area contributed by atoms with Gasteiger partial charge in [0.05, 0.1) is 17.8 Å². The van der Waals surface area contributed by atoms with E-state index in [4.69, 9.17) is 21.7 Å². The number of methoxy groups -OCH3 is 1. The standard InChI is InChI=1S/C28H29N3O6S/c1-14-9-11-19-16(12-14)27(23(33)31(19)25(35)37-26(3,4)5)20(21(32)36-7)28(29-22(27)38)17-13-15(2)8-10-18(17)30(6)24(28)34/h8-13,20H,1-7H3,(H,29,38)/t20-,27-,28-/m0/s1. The van der Waals surface area contributed by atoms with Crippen LogP contribution in [0, 0.1) is 19.8 Å². The van der Waals surface area contributed by atoms with Gasteiger partial charge in [-0.3, -0.25) is 14.4 Å². The lowest BCUT2D eigenvalue weighted by Crippen LogP contribution is -2.57. The molecule has 0 bridgehead atoms. The van der Waals surface area contributed by atoms with Gasteiger partial charge >= 0.3 is 12.1 Å². The van der Waals surface area contributed by atoms with E-state index in [0.29, 0.717) is 16.8 Å². The van der Waals surface area contributed by atoms with Crippen molar-refractivity contribution in [2.45, 2.75) is 51.2 Å². The van der Waals surface area contributed by atoms with Gasteiger partial charge in [0, 0.05) is 23.9 Å². The number of ether oxygens (including phenoxy) is 2. The first-order chi connectivity index (χ1) is 17.7. The molecule has 10 heteroatoms. The number of nitrogens with zero attached hydrogens (tertiary/aromatic N) is 2. The summed E-state index contributed by atoms with van der Waals surface area (Å²) in [5.41, 5.74) is -1.19. The largest absolute Gasteiger partial charge is 0.469 e. The molecule has 2 spiro atoms. The third kappa shape index (κ3) is 3.12. The summed E-state index contributed by atoms with van der Waals surface area (Å²) >= 11 is 5.85. The van der Waals surface area contributed by atoms with E-state index in [9.17, 15) is 19.2 Å². The van der Waals surface area contributed by atoms with E-state index in [1.165, 1.54) is 12.0 Å². The third-order valence-electron chi connectivity index (χ3n) is 7.49. The molecule has 38 heavy (non-hydrogen) atoms. The van der Waals surface area contributed by atoms with Gasteiger partial charge in [0.25, 0.3) is 11.8 Å². The summed E-state index contributed by atoms with van der Waals surface area (Å²) in [6, 6.07) is 10.6. The first kappa shape index (κ1) is 25.8.